The maximum Gasteiger partial charge on any atom is 0.226 e. The van der Waals surface area contributed by atoms with Gasteiger partial charge >= 0.3 is 0 Å². The molecule has 0 radical (unpaired) electrons. The Morgan fingerprint density at radius 3 is 2.62 bits per heavy atom. The maximum atomic E-state index is 12.6. The van der Waals surface area contributed by atoms with Crippen molar-refractivity contribution < 1.29 is 4.79 Å². The Morgan fingerprint density at radius 1 is 1.21 bits per heavy atom. The Hall–Kier alpha value is -2.10. The minimum absolute atomic E-state index is 0.282. The topological polar surface area (TPSA) is 38.1 Å². The summed E-state index contributed by atoms with van der Waals surface area (Å²) in [6, 6.07) is 8.61. The summed E-state index contributed by atoms with van der Waals surface area (Å²) in [5, 5.41) is 0. The molecule has 0 saturated heterocycles. The molecule has 2 saturated carbocycles. The summed E-state index contributed by atoms with van der Waals surface area (Å²) in [4.78, 5) is 19.2. The van der Waals surface area contributed by atoms with Crippen LogP contribution in [-0.4, -0.2) is 26.9 Å². The van der Waals surface area contributed by atoms with Gasteiger partial charge in [0.05, 0.1) is 6.54 Å². The summed E-state index contributed by atoms with van der Waals surface area (Å²) >= 11 is 0. The Labute approximate surface area is 143 Å². The Kier molecular flexibility index (Phi) is 4.13. The largest absolute Gasteiger partial charge is 0.335 e. The predicted molar refractivity (Wildman–Crippen MR) is 93.4 cm³/mol. The van der Waals surface area contributed by atoms with Gasteiger partial charge in [0.2, 0.25) is 5.91 Å². The first-order valence-corrected chi connectivity index (χ1v) is 9.03. The number of hydrogen-bond acceptors (Lipinski definition) is 2. The van der Waals surface area contributed by atoms with E-state index in [9.17, 15) is 4.79 Å². The average molecular weight is 323 g/mol. The molecule has 0 aliphatic heterocycles. The zero-order valence-corrected chi connectivity index (χ0v) is 14.3. The van der Waals surface area contributed by atoms with Crippen LogP contribution in [0.1, 0.15) is 42.6 Å². The highest BCUT2D eigenvalue weighted by Gasteiger charge is 2.36. The second kappa shape index (κ2) is 6.42. The van der Waals surface area contributed by atoms with Crippen LogP contribution in [0.3, 0.4) is 0 Å². The molecule has 2 aliphatic carbocycles. The fourth-order valence-electron chi connectivity index (χ4n) is 3.13. The van der Waals surface area contributed by atoms with Crippen molar-refractivity contribution >= 4 is 5.91 Å². The van der Waals surface area contributed by atoms with Gasteiger partial charge < -0.3 is 9.47 Å². The van der Waals surface area contributed by atoms with Crippen LogP contribution in [0.25, 0.3) is 0 Å². The van der Waals surface area contributed by atoms with E-state index in [4.69, 9.17) is 0 Å². The van der Waals surface area contributed by atoms with Crippen LogP contribution in [0.4, 0.5) is 0 Å². The molecule has 1 amide bonds. The molecule has 126 valence electrons. The molecule has 0 atom stereocenters. The van der Waals surface area contributed by atoms with Gasteiger partial charge in [-0.3, -0.25) is 4.79 Å². The van der Waals surface area contributed by atoms with Gasteiger partial charge in [0.15, 0.2) is 0 Å². The number of carbonyl (C=O) groups is 1. The molecule has 0 bridgehead atoms. The molecule has 2 aromatic rings. The summed E-state index contributed by atoms with van der Waals surface area (Å²) < 4.78 is 2.17. The van der Waals surface area contributed by atoms with Crippen LogP contribution >= 0.6 is 0 Å². The van der Waals surface area contributed by atoms with E-state index >= 15 is 0 Å². The van der Waals surface area contributed by atoms with E-state index < -0.39 is 0 Å². The molecule has 1 aromatic heterocycles. The lowest BCUT2D eigenvalue weighted by atomic mass is 10.1. The second-order valence-corrected chi connectivity index (χ2v) is 7.39. The number of hydrogen-bond donors (Lipinski definition) is 0. The Morgan fingerprint density at radius 2 is 1.96 bits per heavy atom. The number of benzene rings is 1. The normalized spacial score (nSPS) is 17.0. The van der Waals surface area contributed by atoms with Crippen LogP contribution in [-0.2, 0) is 17.9 Å². The van der Waals surface area contributed by atoms with Crippen molar-refractivity contribution in [3.05, 3.63) is 53.6 Å². The summed E-state index contributed by atoms with van der Waals surface area (Å²) in [6.45, 7) is 4.47. The number of aryl methyl sites for hydroxylation is 1. The number of amides is 1. The monoisotopic (exact) mass is 323 g/mol. The molecular formula is C20H25N3O. The molecule has 2 fully saturated rings. The van der Waals surface area contributed by atoms with E-state index in [0.29, 0.717) is 18.4 Å². The zero-order chi connectivity index (χ0) is 16.5. The molecule has 2 aliphatic rings. The van der Waals surface area contributed by atoms with E-state index in [2.05, 4.69) is 45.6 Å². The van der Waals surface area contributed by atoms with Crippen LogP contribution < -0.4 is 0 Å². The van der Waals surface area contributed by atoms with E-state index in [1.165, 1.54) is 24.0 Å². The number of nitrogens with zero attached hydrogens (tertiary/aromatic N) is 3. The SMILES string of the molecule is Cc1ccc(Cn2ccnc2CN(CC2CC2)C(=O)C2CC2)cc1. The molecule has 1 aromatic carbocycles. The fraction of sp³-hybridized carbons (Fsp3) is 0.500. The lowest BCUT2D eigenvalue weighted by Gasteiger charge is -2.23. The first kappa shape index (κ1) is 15.4. The van der Waals surface area contributed by atoms with E-state index in [1.807, 2.05) is 12.4 Å². The summed E-state index contributed by atoms with van der Waals surface area (Å²) in [7, 11) is 0. The summed E-state index contributed by atoms with van der Waals surface area (Å²) in [6.07, 6.45) is 8.54. The Bertz CT molecular complexity index is 711. The lowest BCUT2D eigenvalue weighted by molar-refractivity contribution is -0.133. The molecule has 4 rings (SSSR count). The summed E-state index contributed by atoms with van der Waals surface area (Å²) in [5.74, 6) is 2.33. The highest BCUT2D eigenvalue weighted by atomic mass is 16.2. The number of carbonyl (C=O) groups excluding carboxylic acids is 1. The van der Waals surface area contributed by atoms with E-state index in [0.717, 1.165) is 31.8 Å². The van der Waals surface area contributed by atoms with Crippen LogP contribution in [0.2, 0.25) is 0 Å². The minimum Gasteiger partial charge on any atom is -0.335 e. The number of imidazole rings is 1. The molecule has 0 N–H and O–H groups in total. The molecule has 0 spiro atoms. The van der Waals surface area contributed by atoms with Crippen molar-refractivity contribution in [2.45, 2.75) is 45.7 Å². The van der Waals surface area contributed by atoms with Crippen molar-refractivity contribution in [1.29, 1.82) is 0 Å². The zero-order valence-electron chi connectivity index (χ0n) is 14.3. The minimum atomic E-state index is 0.282. The molecule has 4 nitrogen and oxygen atoms in total. The second-order valence-electron chi connectivity index (χ2n) is 7.39. The van der Waals surface area contributed by atoms with Gasteiger partial charge in [-0.15, -0.1) is 0 Å². The third-order valence-corrected chi connectivity index (χ3v) is 5.02. The highest BCUT2D eigenvalue weighted by molar-refractivity contribution is 5.81. The van der Waals surface area contributed by atoms with E-state index in [-0.39, 0.29) is 5.92 Å². The van der Waals surface area contributed by atoms with Crippen molar-refractivity contribution in [2.75, 3.05) is 6.54 Å². The summed E-state index contributed by atoms with van der Waals surface area (Å²) in [5.41, 5.74) is 2.54. The maximum absolute atomic E-state index is 12.6. The van der Waals surface area contributed by atoms with Crippen molar-refractivity contribution in [3.63, 3.8) is 0 Å². The average Bonchev–Trinajstić information content (AvgIpc) is 3.49. The van der Waals surface area contributed by atoms with Gasteiger partial charge in [0.25, 0.3) is 0 Å². The molecular weight excluding hydrogens is 298 g/mol. The van der Waals surface area contributed by atoms with Gasteiger partial charge in [-0.2, -0.15) is 0 Å². The first-order valence-electron chi connectivity index (χ1n) is 9.03. The van der Waals surface area contributed by atoms with Crippen LogP contribution in [0.15, 0.2) is 36.7 Å². The fourth-order valence-corrected chi connectivity index (χ4v) is 3.13. The quantitative estimate of drug-likeness (QED) is 0.783. The van der Waals surface area contributed by atoms with Gasteiger partial charge in [-0.1, -0.05) is 29.8 Å². The standard InChI is InChI=1S/C20H25N3O/c1-15-2-4-16(5-3-15)12-22-11-10-21-19(22)14-23(13-17-6-7-17)20(24)18-8-9-18/h2-5,10-11,17-18H,6-9,12-14H2,1H3. The Balaban J connectivity index is 1.47. The third-order valence-electron chi connectivity index (χ3n) is 5.02. The van der Waals surface area contributed by atoms with Crippen LogP contribution in [0.5, 0.6) is 0 Å². The molecule has 4 heteroatoms. The van der Waals surface area contributed by atoms with Crippen LogP contribution in [0, 0.1) is 18.8 Å². The number of rotatable bonds is 7. The smallest absolute Gasteiger partial charge is 0.226 e. The number of aromatic nitrogens is 2. The van der Waals surface area contributed by atoms with Gasteiger partial charge in [-0.25, -0.2) is 4.98 Å². The lowest BCUT2D eigenvalue weighted by Crippen LogP contribution is -2.34. The predicted octanol–water partition coefficient (Wildman–Crippen LogP) is 3.39. The van der Waals surface area contributed by atoms with Gasteiger partial charge in [0, 0.05) is 31.4 Å². The highest BCUT2D eigenvalue weighted by Crippen LogP contribution is 2.35. The first-order chi connectivity index (χ1) is 11.7. The van der Waals surface area contributed by atoms with Crippen molar-refractivity contribution in [1.82, 2.24) is 14.5 Å². The van der Waals surface area contributed by atoms with Crippen molar-refractivity contribution in [2.24, 2.45) is 11.8 Å². The molecule has 24 heavy (non-hydrogen) atoms. The molecule has 0 unspecified atom stereocenters. The van der Waals surface area contributed by atoms with E-state index in [1.54, 1.807) is 0 Å². The van der Waals surface area contributed by atoms with Crippen molar-refractivity contribution in [3.8, 4) is 0 Å². The van der Waals surface area contributed by atoms with Gasteiger partial charge in [0.1, 0.15) is 5.82 Å². The van der Waals surface area contributed by atoms with Gasteiger partial charge in [-0.05, 0) is 44.1 Å². The molecule has 1 heterocycles. The third kappa shape index (κ3) is 3.69.